The van der Waals surface area contributed by atoms with Crippen LogP contribution in [0.15, 0.2) is 54.9 Å². The van der Waals surface area contributed by atoms with Gasteiger partial charge in [-0.1, -0.05) is 41.4 Å². The number of hydrogen-bond acceptors (Lipinski definition) is 10. The van der Waals surface area contributed by atoms with E-state index in [2.05, 4.69) is 20.6 Å². The van der Waals surface area contributed by atoms with E-state index < -0.39 is 17.8 Å². The molecule has 2 amide bonds. The minimum absolute atomic E-state index is 0.107. The summed E-state index contributed by atoms with van der Waals surface area (Å²) in [5, 5.41) is 16.3. The summed E-state index contributed by atoms with van der Waals surface area (Å²) < 4.78 is 11.2. The molecular formula is C38H41Cl2N7O6. The summed E-state index contributed by atoms with van der Waals surface area (Å²) in [6.45, 7) is 5.19. The number of piperidine rings is 1. The molecule has 2 fully saturated rings. The van der Waals surface area contributed by atoms with Crippen LogP contribution in [-0.2, 0) is 22.7 Å². The third kappa shape index (κ3) is 8.71. The zero-order chi connectivity index (χ0) is 37.6. The van der Waals surface area contributed by atoms with Gasteiger partial charge in [0.2, 0.25) is 11.8 Å². The van der Waals surface area contributed by atoms with E-state index >= 15 is 0 Å². The lowest BCUT2D eigenvalue weighted by Gasteiger charge is -2.31. The SMILES string of the molecule is COc1cc(C(=O)Nc2cccc(-c3nccc(-c4ccc(CNC5CCN(C(C)=O)CC5)c(OC)n4)c3Cl)c2Cl)ncc1CN1CC[C@H](C(=O)O)C1. The van der Waals surface area contributed by atoms with E-state index in [1.807, 2.05) is 21.9 Å². The quantitative estimate of drug-likeness (QED) is 0.161. The van der Waals surface area contributed by atoms with E-state index in [9.17, 15) is 19.5 Å². The van der Waals surface area contributed by atoms with Crippen molar-refractivity contribution in [3.8, 4) is 34.1 Å². The van der Waals surface area contributed by atoms with Crippen molar-refractivity contribution in [2.24, 2.45) is 5.92 Å². The number of benzene rings is 1. The zero-order valence-corrected chi connectivity index (χ0v) is 31.2. The number of hydrogen-bond donors (Lipinski definition) is 3. The second-order valence-electron chi connectivity index (χ2n) is 13.1. The molecule has 15 heteroatoms. The summed E-state index contributed by atoms with van der Waals surface area (Å²) >= 11 is 13.9. The van der Waals surface area contributed by atoms with Gasteiger partial charge in [0, 0.05) is 86.4 Å². The maximum atomic E-state index is 13.4. The second-order valence-corrected chi connectivity index (χ2v) is 13.9. The van der Waals surface area contributed by atoms with Gasteiger partial charge in [-0.25, -0.2) is 4.98 Å². The van der Waals surface area contributed by atoms with Crippen LogP contribution < -0.4 is 20.1 Å². The number of carbonyl (C=O) groups excluding carboxylic acids is 2. The van der Waals surface area contributed by atoms with Crippen molar-refractivity contribution < 1.29 is 29.0 Å². The first-order valence-corrected chi connectivity index (χ1v) is 18.1. The van der Waals surface area contributed by atoms with Gasteiger partial charge in [-0.3, -0.25) is 29.3 Å². The number of carbonyl (C=O) groups is 3. The van der Waals surface area contributed by atoms with Crippen LogP contribution in [0.4, 0.5) is 5.69 Å². The van der Waals surface area contributed by atoms with Crippen molar-refractivity contribution in [2.75, 3.05) is 45.7 Å². The molecule has 5 heterocycles. The summed E-state index contributed by atoms with van der Waals surface area (Å²) in [6.07, 6.45) is 5.54. The predicted octanol–water partition coefficient (Wildman–Crippen LogP) is 5.79. The van der Waals surface area contributed by atoms with E-state index in [1.54, 1.807) is 56.8 Å². The molecule has 1 atom stereocenters. The Morgan fingerprint density at radius 1 is 0.943 bits per heavy atom. The highest BCUT2D eigenvalue weighted by molar-refractivity contribution is 6.39. The van der Waals surface area contributed by atoms with Crippen LogP contribution in [0.3, 0.4) is 0 Å². The van der Waals surface area contributed by atoms with Gasteiger partial charge in [0.15, 0.2) is 0 Å². The third-order valence-electron chi connectivity index (χ3n) is 9.73. The first-order chi connectivity index (χ1) is 25.6. The molecule has 4 aromatic rings. The Morgan fingerprint density at radius 3 is 2.43 bits per heavy atom. The number of nitrogens with zero attached hydrogens (tertiary/aromatic N) is 5. The normalized spacial score (nSPS) is 16.4. The van der Waals surface area contributed by atoms with Gasteiger partial charge < -0.3 is 30.1 Å². The monoisotopic (exact) mass is 761 g/mol. The Balaban J connectivity index is 1.16. The van der Waals surface area contributed by atoms with Crippen molar-refractivity contribution in [3.63, 3.8) is 0 Å². The summed E-state index contributed by atoms with van der Waals surface area (Å²) in [7, 11) is 3.09. The smallest absolute Gasteiger partial charge is 0.307 e. The van der Waals surface area contributed by atoms with Crippen molar-refractivity contribution >= 4 is 46.7 Å². The Labute approximate surface area is 317 Å². The van der Waals surface area contributed by atoms with Gasteiger partial charge in [-0.05, 0) is 44.0 Å². The maximum Gasteiger partial charge on any atom is 0.307 e. The summed E-state index contributed by atoms with van der Waals surface area (Å²) in [6, 6.07) is 12.6. The molecule has 3 aromatic heterocycles. The van der Waals surface area contributed by atoms with Crippen LogP contribution >= 0.6 is 23.2 Å². The molecule has 0 unspecified atom stereocenters. The number of halogens is 2. The lowest BCUT2D eigenvalue weighted by Crippen LogP contribution is -2.44. The number of aliphatic carboxylic acids is 1. The lowest BCUT2D eigenvalue weighted by atomic mass is 10.0. The standard InChI is InChI=1S/C38H41Cl2N7O6/c1-22(48)47-15-11-26(12-16-47)42-18-23-7-8-29(45-37(23)53-3)27-9-13-41-35(34(27)40)28-5-4-6-30(33(28)39)44-36(49)31-17-32(52-2)25(19-43-31)21-46-14-10-24(20-46)38(50)51/h4-9,13,17,19,24,26,42H,10-12,14-16,18,20-21H2,1-3H3,(H,44,49)(H,50,51)/t24-/m0/s1. The lowest BCUT2D eigenvalue weighted by molar-refractivity contribution is -0.141. The predicted molar refractivity (Wildman–Crippen MR) is 201 cm³/mol. The summed E-state index contributed by atoms with van der Waals surface area (Å²) in [5.74, 6) is -0.656. The van der Waals surface area contributed by atoms with Crippen LogP contribution in [-0.4, -0.2) is 94.1 Å². The Hall–Kier alpha value is -4.82. The Kier molecular flexibility index (Phi) is 12.1. The summed E-state index contributed by atoms with van der Waals surface area (Å²) in [5.41, 5.74) is 4.22. The number of nitrogens with one attached hydrogen (secondary N) is 2. The molecular weight excluding hydrogens is 721 g/mol. The third-order valence-corrected chi connectivity index (χ3v) is 10.5. The minimum atomic E-state index is -0.801. The van der Waals surface area contributed by atoms with Crippen molar-refractivity contribution in [3.05, 3.63) is 81.7 Å². The van der Waals surface area contributed by atoms with E-state index in [1.165, 1.54) is 7.11 Å². The molecule has 0 saturated carbocycles. The molecule has 1 aromatic carbocycles. The average molecular weight is 763 g/mol. The number of anilines is 1. The van der Waals surface area contributed by atoms with Crippen molar-refractivity contribution in [2.45, 2.75) is 45.3 Å². The van der Waals surface area contributed by atoms with Gasteiger partial charge in [-0.15, -0.1) is 0 Å². The van der Waals surface area contributed by atoms with Crippen molar-refractivity contribution in [1.29, 1.82) is 0 Å². The van der Waals surface area contributed by atoms with Crippen LogP contribution in [0.1, 0.15) is 47.8 Å². The molecule has 0 spiro atoms. The topological polar surface area (TPSA) is 159 Å². The molecule has 0 bridgehead atoms. The highest BCUT2D eigenvalue weighted by Gasteiger charge is 2.29. The number of pyridine rings is 3. The van der Waals surface area contributed by atoms with Gasteiger partial charge in [0.25, 0.3) is 5.91 Å². The van der Waals surface area contributed by atoms with Gasteiger partial charge in [-0.2, -0.15) is 0 Å². The molecule has 2 saturated heterocycles. The first-order valence-electron chi connectivity index (χ1n) is 17.3. The first kappa shape index (κ1) is 37.9. The fraction of sp³-hybridized carbons (Fsp3) is 0.368. The van der Waals surface area contributed by atoms with Gasteiger partial charge in [0.05, 0.1) is 47.3 Å². The second kappa shape index (κ2) is 16.9. The van der Waals surface area contributed by atoms with E-state index in [0.717, 1.165) is 37.1 Å². The number of amides is 2. The molecule has 53 heavy (non-hydrogen) atoms. The number of carboxylic acids is 1. The molecule has 2 aliphatic heterocycles. The largest absolute Gasteiger partial charge is 0.496 e. The molecule has 2 aliphatic rings. The maximum absolute atomic E-state index is 13.4. The van der Waals surface area contributed by atoms with E-state index in [4.69, 9.17) is 37.7 Å². The molecule has 0 radical (unpaired) electrons. The fourth-order valence-electron chi connectivity index (χ4n) is 6.73. The van der Waals surface area contributed by atoms with E-state index in [0.29, 0.717) is 83.5 Å². The number of carboxylic acid groups (broad SMARTS) is 1. The van der Waals surface area contributed by atoms with Crippen LogP contribution in [0, 0.1) is 5.92 Å². The van der Waals surface area contributed by atoms with Crippen molar-refractivity contribution in [1.82, 2.24) is 30.1 Å². The van der Waals surface area contributed by atoms with Crippen LogP contribution in [0.5, 0.6) is 11.6 Å². The minimum Gasteiger partial charge on any atom is -0.496 e. The molecule has 3 N–H and O–H groups in total. The number of methoxy groups -OCH3 is 2. The van der Waals surface area contributed by atoms with Crippen LogP contribution in [0.25, 0.3) is 22.5 Å². The summed E-state index contributed by atoms with van der Waals surface area (Å²) in [4.78, 5) is 54.0. The Morgan fingerprint density at radius 2 is 1.74 bits per heavy atom. The van der Waals surface area contributed by atoms with Gasteiger partial charge in [0.1, 0.15) is 11.4 Å². The number of likely N-dealkylation sites (tertiary alicyclic amines) is 2. The molecule has 6 rings (SSSR count). The fourth-order valence-corrected chi connectivity index (χ4v) is 7.30. The molecule has 278 valence electrons. The molecule has 0 aliphatic carbocycles. The number of ether oxygens (including phenoxy) is 2. The molecule has 13 nitrogen and oxygen atoms in total. The highest BCUT2D eigenvalue weighted by Crippen LogP contribution is 2.40. The zero-order valence-electron chi connectivity index (χ0n) is 29.7. The van der Waals surface area contributed by atoms with Gasteiger partial charge >= 0.3 is 5.97 Å². The Bertz CT molecular complexity index is 2010. The highest BCUT2D eigenvalue weighted by atomic mass is 35.5. The van der Waals surface area contributed by atoms with Crippen LogP contribution in [0.2, 0.25) is 10.0 Å². The van der Waals surface area contributed by atoms with E-state index in [-0.39, 0.29) is 16.6 Å². The average Bonchev–Trinajstić information content (AvgIpc) is 3.64. The number of aromatic nitrogens is 3. The number of rotatable bonds is 12.